The molecule has 0 atom stereocenters. The summed E-state index contributed by atoms with van der Waals surface area (Å²) in [5.41, 5.74) is 7.02. The lowest BCUT2D eigenvalue weighted by Gasteiger charge is -2.23. The second-order valence-electron chi connectivity index (χ2n) is 13.4. The summed E-state index contributed by atoms with van der Waals surface area (Å²) in [6, 6.07) is 41.4. The number of para-hydroxylation sites is 3. The van der Waals surface area contributed by atoms with Crippen molar-refractivity contribution in [1.82, 2.24) is 9.55 Å². The van der Waals surface area contributed by atoms with E-state index in [1.807, 2.05) is 86.6 Å². The Bertz CT molecular complexity index is 3130. The summed E-state index contributed by atoms with van der Waals surface area (Å²) in [4.78, 5) is 5.13. The molecular weight excluding hydrogens is 605 g/mol. The Labute approximate surface area is 301 Å². The van der Waals surface area contributed by atoms with Crippen LogP contribution in [0.4, 0.5) is 0 Å². The lowest BCUT2D eigenvalue weighted by molar-refractivity contribution is 0.660. The highest BCUT2D eigenvalue weighted by atomic mass is 15.1. The fourth-order valence-corrected chi connectivity index (χ4v) is 7.86. The first-order valence-electron chi connectivity index (χ1n) is 20.3. The SMILES string of the molecule is [2H]c1c([2H])c([2H])c2c(c1[2H])-c1c([2H])c([2H])c(-c3c4ccccc4c(-c4cccc(-c5nc6ccccc6n5-c5ccccc5)c4)c4ccccc34)c([2H])c1C2(C)C. The van der Waals surface area contributed by atoms with Gasteiger partial charge < -0.3 is 0 Å². The molecule has 0 unspecified atom stereocenters. The van der Waals surface area contributed by atoms with Crippen molar-refractivity contribution in [2.45, 2.75) is 19.3 Å². The predicted molar refractivity (Wildman–Crippen MR) is 210 cm³/mol. The lowest BCUT2D eigenvalue weighted by Crippen LogP contribution is -2.14. The van der Waals surface area contributed by atoms with Gasteiger partial charge in [0.2, 0.25) is 0 Å². The van der Waals surface area contributed by atoms with E-state index in [1.54, 1.807) is 0 Å². The Morgan fingerprint density at radius 2 is 1.14 bits per heavy atom. The molecule has 0 fully saturated rings. The van der Waals surface area contributed by atoms with Gasteiger partial charge in [0.1, 0.15) is 5.82 Å². The molecule has 2 nitrogen and oxygen atoms in total. The highest BCUT2D eigenvalue weighted by Crippen LogP contribution is 2.51. The van der Waals surface area contributed by atoms with Crippen LogP contribution < -0.4 is 0 Å². The Kier molecular flexibility index (Phi) is 4.87. The first-order valence-corrected chi connectivity index (χ1v) is 16.8. The average molecular weight is 646 g/mol. The normalized spacial score (nSPS) is 15.1. The number of hydrogen-bond acceptors (Lipinski definition) is 1. The molecule has 0 N–H and O–H groups in total. The van der Waals surface area contributed by atoms with Crippen molar-refractivity contribution >= 4 is 32.6 Å². The molecule has 0 bridgehead atoms. The minimum Gasteiger partial charge on any atom is -0.292 e. The van der Waals surface area contributed by atoms with Crippen molar-refractivity contribution in [3.8, 4) is 50.5 Å². The van der Waals surface area contributed by atoms with Crippen LogP contribution in [0.5, 0.6) is 0 Å². The Morgan fingerprint density at radius 1 is 0.540 bits per heavy atom. The van der Waals surface area contributed by atoms with Crippen LogP contribution in [0.3, 0.4) is 0 Å². The zero-order chi connectivity index (χ0) is 39.5. The van der Waals surface area contributed by atoms with Gasteiger partial charge in [0.15, 0.2) is 0 Å². The van der Waals surface area contributed by atoms with Crippen LogP contribution in [0, 0.1) is 0 Å². The second-order valence-corrected chi connectivity index (χ2v) is 13.4. The summed E-state index contributed by atoms with van der Waals surface area (Å²) in [6.45, 7) is 3.70. The van der Waals surface area contributed by atoms with Crippen LogP contribution in [0.1, 0.15) is 34.6 Å². The first kappa shape index (κ1) is 22.4. The third-order valence-electron chi connectivity index (χ3n) is 10.2. The van der Waals surface area contributed by atoms with E-state index in [-0.39, 0.29) is 47.4 Å². The van der Waals surface area contributed by atoms with Gasteiger partial charge in [-0.15, -0.1) is 0 Å². The van der Waals surface area contributed by atoms with E-state index in [2.05, 4.69) is 59.2 Å². The minimum atomic E-state index is -1.03. The van der Waals surface area contributed by atoms with E-state index in [0.717, 1.165) is 60.8 Å². The quantitative estimate of drug-likeness (QED) is 0.174. The van der Waals surface area contributed by atoms with Crippen LogP contribution in [0.2, 0.25) is 0 Å². The number of aromatic nitrogens is 2. The van der Waals surface area contributed by atoms with Crippen molar-refractivity contribution in [3.63, 3.8) is 0 Å². The molecule has 236 valence electrons. The van der Waals surface area contributed by atoms with Gasteiger partial charge in [-0.2, -0.15) is 0 Å². The molecule has 0 amide bonds. The van der Waals surface area contributed by atoms with Gasteiger partial charge in [0.05, 0.1) is 20.6 Å². The molecule has 0 saturated heterocycles. The molecule has 50 heavy (non-hydrogen) atoms. The average Bonchev–Trinajstić information content (AvgIpc) is 3.74. The summed E-state index contributed by atoms with van der Waals surface area (Å²) in [5, 5.41) is 3.50. The highest BCUT2D eigenvalue weighted by molar-refractivity contribution is 6.21. The molecule has 2 heteroatoms. The summed E-state index contributed by atoms with van der Waals surface area (Å²) in [6.07, 6.45) is 0. The van der Waals surface area contributed by atoms with Crippen molar-refractivity contribution in [2.75, 3.05) is 0 Å². The third kappa shape index (κ3) is 4.18. The van der Waals surface area contributed by atoms with Crippen molar-refractivity contribution in [3.05, 3.63) is 181 Å². The van der Waals surface area contributed by atoms with Crippen LogP contribution in [-0.2, 0) is 5.41 Å². The van der Waals surface area contributed by atoms with E-state index in [0.29, 0.717) is 22.3 Å². The first-order chi connectivity index (χ1) is 27.5. The molecule has 1 heterocycles. The van der Waals surface area contributed by atoms with Crippen molar-refractivity contribution in [1.29, 1.82) is 0 Å². The molecule has 10 rings (SSSR count). The molecule has 9 aromatic rings. The second kappa shape index (κ2) is 10.9. The maximum absolute atomic E-state index is 9.88. The molecule has 0 radical (unpaired) electrons. The van der Waals surface area contributed by atoms with Gasteiger partial charge in [0, 0.05) is 16.7 Å². The molecule has 0 saturated carbocycles. The number of fused-ring (bicyclic) bond motifs is 6. The predicted octanol–water partition coefficient (Wildman–Crippen LogP) is 12.6. The lowest BCUT2D eigenvalue weighted by atomic mass is 9.80. The van der Waals surface area contributed by atoms with Crippen molar-refractivity contribution in [2.24, 2.45) is 0 Å². The zero-order valence-corrected chi connectivity index (χ0v) is 27.5. The fourth-order valence-electron chi connectivity index (χ4n) is 7.86. The van der Waals surface area contributed by atoms with Gasteiger partial charge in [-0.1, -0.05) is 147 Å². The van der Waals surface area contributed by atoms with Crippen LogP contribution in [0.15, 0.2) is 170 Å². The highest BCUT2D eigenvalue weighted by Gasteiger charge is 2.35. The Hall–Kier alpha value is -6.25. The monoisotopic (exact) mass is 645 g/mol. The number of benzene rings is 8. The van der Waals surface area contributed by atoms with Crippen LogP contribution in [0.25, 0.3) is 83.0 Å². The van der Waals surface area contributed by atoms with Crippen LogP contribution >= 0.6 is 0 Å². The number of imidazole rings is 1. The summed E-state index contributed by atoms with van der Waals surface area (Å²) < 4.78 is 65.7. The third-order valence-corrected chi connectivity index (χ3v) is 10.2. The van der Waals surface area contributed by atoms with E-state index in [9.17, 15) is 4.11 Å². The molecule has 0 spiro atoms. The van der Waals surface area contributed by atoms with Gasteiger partial charge in [0.25, 0.3) is 0 Å². The molecule has 0 aliphatic heterocycles. The standard InChI is InChI=1S/C48H34N2/c1-48(2)41-24-11-10-19-35(41)36-28-27-32(30-42(36)48)46-39-22-8-6-20-37(39)45(38-21-7-9-23-40(38)46)31-15-14-16-33(29-31)47-49-43-25-12-13-26-44(43)50(47)34-17-4-3-5-18-34/h3-30H,1-2H3/i10D,11D,19D,24D,27D,28D,30D. The van der Waals surface area contributed by atoms with Gasteiger partial charge >= 0.3 is 0 Å². The largest absolute Gasteiger partial charge is 0.292 e. The Morgan fingerprint density at radius 3 is 1.88 bits per heavy atom. The topological polar surface area (TPSA) is 17.8 Å². The van der Waals surface area contributed by atoms with Gasteiger partial charge in [-0.3, -0.25) is 4.57 Å². The minimum absolute atomic E-state index is 0.0499. The van der Waals surface area contributed by atoms with E-state index >= 15 is 0 Å². The maximum Gasteiger partial charge on any atom is 0.145 e. The van der Waals surface area contributed by atoms with E-state index < -0.39 is 11.5 Å². The molecular formula is C48H34N2. The summed E-state index contributed by atoms with van der Waals surface area (Å²) >= 11 is 0. The summed E-state index contributed by atoms with van der Waals surface area (Å²) in [5.74, 6) is 0.818. The molecule has 1 aliphatic rings. The molecule has 1 aliphatic carbocycles. The van der Waals surface area contributed by atoms with Crippen molar-refractivity contribution < 1.29 is 9.60 Å². The number of hydrogen-bond donors (Lipinski definition) is 0. The Balaban J connectivity index is 1.25. The molecule has 8 aromatic carbocycles. The van der Waals surface area contributed by atoms with Gasteiger partial charge in [-0.05, 0) is 102 Å². The van der Waals surface area contributed by atoms with E-state index in [4.69, 9.17) is 10.5 Å². The fraction of sp³-hybridized carbons (Fsp3) is 0.0625. The van der Waals surface area contributed by atoms with Crippen LogP contribution in [-0.4, -0.2) is 9.55 Å². The summed E-state index contributed by atoms with van der Waals surface area (Å²) in [7, 11) is 0. The van der Waals surface area contributed by atoms with E-state index in [1.165, 1.54) is 0 Å². The number of rotatable bonds is 4. The zero-order valence-electron chi connectivity index (χ0n) is 34.5. The number of nitrogens with zero attached hydrogens (tertiary/aromatic N) is 2. The smallest absolute Gasteiger partial charge is 0.145 e. The van der Waals surface area contributed by atoms with Gasteiger partial charge in [-0.25, -0.2) is 4.98 Å². The molecule has 1 aromatic heterocycles. The maximum atomic E-state index is 9.88.